The number of carbonyl (C=O) groups excluding carboxylic acids is 1. The number of hydrogen-bond donors (Lipinski definition) is 2. The molecule has 13 heteroatoms. The van der Waals surface area contributed by atoms with Crippen LogP contribution in [0.25, 0.3) is 28.0 Å². The van der Waals surface area contributed by atoms with Crippen LogP contribution in [0.5, 0.6) is 0 Å². The minimum absolute atomic E-state index is 0.0139. The van der Waals surface area contributed by atoms with Crippen molar-refractivity contribution in [3.63, 3.8) is 0 Å². The highest BCUT2D eigenvalue weighted by molar-refractivity contribution is 7.91. The molecule has 2 fully saturated rings. The van der Waals surface area contributed by atoms with Crippen molar-refractivity contribution in [1.29, 1.82) is 0 Å². The predicted molar refractivity (Wildman–Crippen MR) is 161 cm³/mol. The SMILES string of the molecule is CS(=O)(=O)c1c(C2CC3CCC(C2)N3C(=O)c2ccnc(N)n2)nc2c(-c3ccc(-c4ccccc4)nc3)cnn2c1N. The number of anilines is 2. The van der Waals surface area contributed by atoms with Crippen LogP contribution in [-0.2, 0) is 9.84 Å². The molecule has 2 saturated heterocycles. The van der Waals surface area contributed by atoms with Crippen molar-refractivity contribution in [2.75, 3.05) is 17.7 Å². The Hall–Kier alpha value is -4.91. The summed E-state index contributed by atoms with van der Waals surface area (Å²) in [6.07, 6.45) is 8.69. The van der Waals surface area contributed by atoms with Gasteiger partial charge in [-0.1, -0.05) is 36.4 Å². The molecule has 0 saturated carbocycles. The third-order valence-electron chi connectivity index (χ3n) is 8.43. The summed E-state index contributed by atoms with van der Waals surface area (Å²) < 4.78 is 27.6. The van der Waals surface area contributed by atoms with Gasteiger partial charge in [0.15, 0.2) is 15.5 Å². The Balaban J connectivity index is 1.27. The number of nitrogens with zero attached hydrogens (tertiary/aromatic N) is 7. The van der Waals surface area contributed by atoms with Crippen LogP contribution in [0.1, 0.15) is 47.8 Å². The third kappa shape index (κ3) is 4.65. The second kappa shape index (κ2) is 10.1. The molecular formula is C30H29N9O3S. The van der Waals surface area contributed by atoms with Gasteiger partial charge in [0.2, 0.25) is 5.95 Å². The Morgan fingerprint density at radius 1 is 0.907 bits per heavy atom. The van der Waals surface area contributed by atoms with Gasteiger partial charge in [-0.25, -0.2) is 23.4 Å². The summed E-state index contributed by atoms with van der Waals surface area (Å²) in [6.45, 7) is 0. The minimum Gasteiger partial charge on any atom is -0.382 e. The van der Waals surface area contributed by atoms with Crippen molar-refractivity contribution < 1.29 is 13.2 Å². The molecule has 0 spiro atoms. The number of aromatic nitrogens is 6. The van der Waals surface area contributed by atoms with E-state index in [1.165, 1.54) is 10.7 Å². The summed E-state index contributed by atoms with van der Waals surface area (Å²) in [7, 11) is -3.76. The molecule has 218 valence electrons. The van der Waals surface area contributed by atoms with Crippen molar-refractivity contribution >= 4 is 33.2 Å². The molecule has 1 aromatic carbocycles. The molecule has 2 atom stereocenters. The van der Waals surface area contributed by atoms with Crippen LogP contribution in [0.2, 0.25) is 0 Å². The van der Waals surface area contributed by atoms with Crippen molar-refractivity contribution in [2.45, 2.75) is 48.6 Å². The highest BCUT2D eigenvalue weighted by Gasteiger charge is 2.46. The first-order valence-corrected chi connectivity index (χ1v) is 15.9. The van der Waals surface area contributed by atoms with Gasteiger partial charge in [0.05, 0.1) is 17.6 Å². The summed E-state index contributed by atoms with van der Waals surface area (Å²) in [5.41, 5.74) is 16.7. The zero-order valence-electron chi connectivity index (χ0n) is 23.3. The number of amides is 1. The zero-order chi connectivity index (χ0) is 29.9. The van der Waals surface area contributed by atoms with E-state index in [0.29, 0.717) is 29.7 Å². The normalized spacial score (nSPS) is 20.0. The molecule has 12 nitrogen and oxygen atoms in total. The number of nitrogens with two attached hydrogens (primary N) is 2. The minimum atomic E-state index is -3.76. The van der Waals surface area contributed by atoms with Gasteiger partial charge in [0.25, 0.3) is 5.91 Å². The fraction of sp³-hybridized carbons (Fsp3) is 0.267. The standard InChI is InChI=1S/C30H29N9O3S/c1-43(41,42)26-25(19-13-20-8-9-21(14-19)38(20)29(40)24-11-12-33-30(32)36-24)37-28-22(16-35-39(28)27(26)31)18-7-10-23(34-15-18)17-5-3-2-4-6-17/h2-7,10-12,15-16,19-21H,8-9,13-14,31H2,1H3,(H2,32,33,36). The lowest BCUT2D eigenvalue weighted by Crippen LogP contribution is -2.46. The van der Waals surface area contributed by atoms with Gasteiger partial charge in [-0.15, -0.1) is 0 Å². The number of piperidine rings is 1. The maximum Gasteiger partial charge on any atom is 0.273 e. The van der Waals surface area contributed by atoms with E-state index in [9.17, 15) is 13.2 Å². The molecular weight excluding hydrogens is 566 g/mol. The molecule has 2 bridgehead atoms. The first-order valence-electron chi connectivity index (χ1n) is 14.0. The summed E-state index contributed by atoms with van der Waals surface area (Å²) in [5, 5.41) is 4.42. The summed E-state index contributed by atoms with van der Waals surface area (Å²) in [6, 6.07) is 15.1. The molecule has 2 unspecified atom stereocenters. The topological polar surface area (TPSA) is 175 Å². The quantitative estimate of drug-likeness (QED) is 0.306. The molecule has 2 aliphatic heterocycles. The Morgan fingerprint density at radius 3 is 2.30 bits per heavy atom. The average Bonchev–Trinajstić information content (AvgIpc) is 3.54. The van der Waals surface area contributed by atoms with Crippen LogP contribution in [0.3, 0.4) is 0 Å². The van der Waals surface area contributed by atoms with Gasteiger partial charge in [0.1, 0.15) is 16.4 Å². The second-order valence-corrected chi connectivity index (χ2v) is 13.1. The number of fused-ring (bicyclic) bond motifs is 3. The highest BCUT2D eigenvalue weighted by Crippen LogP contribution is 2.45. The molecule has 1 amide bonds. The van der Waals surface area contributed by atoms with E-state index in [1.54, 1.807) is 18.5 Å². The Bertz CT molecular complexity index is 1960. The van der Waals surface area contributed by atoms with Crippen molar-refractivity contribution in [2.24, 2.45) is 0 Å². The predicted octanol–water partition coefficient (Wildman–Crippen LogP) is 3.37. The van der Waals surface area contributed by atoms with Gasteiger partial charge < -0.3 is 16.4 Å². The lowest BCUT2D eigenvalue weighted by molar-refractivity contribution is 0.0562. The molecule has 4 N–H and O–H groups in total. The van der Waals surface area contributed by atoms with Crippen molar-refractivity contribution in [3.05, 3.63) is 78.5 Å². The maximum atomic E-state index is 13.4. The number of rotatable bonds is 5. The van der Waals surface area contributed by atoms with Gasteiger partial charge in [-0.2, -0.15) is 9.61 Å². The van der Waals surface area contributed by atoms with Gasteiger partial charge in [0, 0.05) is 53.3 Å². The fourth-order valence-corrected chi connectivity index (χ4v) is 7.63. The number of sulfone groups is 1. The molecule has 6 heterocycles. The van der Waals surface area contributed by atoms with Gasteiger partial charge >= 0.3 is 0 Å². The highest BCUT2D eigenvalue weighted by atomic mass is 32.2. The van der Waals surface area contributed by atoms with E-state index in [0.717, 1.165) is 35.9 Å². The number of nitrogen functional groups attached to an aromatic ring is 2. The average molecular weight is 596 g/mol. The van der Waals surface area contributed by atoms with Gasteiger partial charge in [-0.05, 0) is 37.8 Å². The Labute approximate surface area is 247 Å². The van der Waals surface area contributed by atoms with E-state index >= 15 is 0 Å². The monoisotopic (exact) mass is 595 g/mol. The summed E-state index contributed by atoms with van der Waals surface area (Å²) >= 11 is 0. The van der Waals surface area contributed by atoms with Crippen LogP contribution in [0.4, 0.5) is 11.8 Å². The molecule has 7 rings (SSSR count). The Morgan fingerprint density at radius 2 is 1.65 bits per heavy atom. The van der Waals surface area contributed by atoms with Crippen LogP contribution < -0.4 is 11.5 Å². The lowest BCUT2D eigenvalue weighted by atomic mass is 9.87. The zero-order valence-corrected chi connectivity index (χ0v) is 24.1. The smallest absolute Gasteiger partial charge is 0.273 e. The number of hydrogen-bond acceptors (Lipinski definition) is 10. The maximum absolute atomic E-state index is 13.4. The van der Waals surface area contributed by atoms with Gasteiger partial charge in [-0.3, -0.25) is 9.78 Å². The van der Waals surface area contributed by atoms with Crippen LogP contribution in [0.15, 0.2) is 72.0 Å². The lowest BCUT2D eigenvalue weighted by Gasteiger charge is -2.39. The van der Waals surface area contributed by atoms with Crippen LogP contribution >= 0.6 is 0 Å². The van der Waals surface area contributed by atoms with Crippen molar-refractivity contribution in [1.82, 2.24) is 34.4 Å². The van der Waals surface area contributed by atoms with Crippen LogP contribution in [-0.4, -0.2) is 67.1 Å². The van der Waals surface area contributed by atoms with E-state index in [4.69, 9.17) is 16.5 Å². The largest absolute Gasteiger partial charge is 0.382 e. The molecule has 4 aromatic heterocycles. The molecule has 43 heavy (non-hydrogen) atoms. The van der Waals surface area contributed by atoms with E-state index in [-0.39, 0.29) is 46.3 Å². The third-order valence-corrected chi connectivity index (χ3v) is 9.59. The van der Waals surface area contributed by atoms with E-state index < -0.39 is 9.84 Å². The first-order chi connectivity index (χ1) is 20.7. The van der Waals surface area contributed by atoms with E-state index in [1.807, 2.05) is 47.4 Å². The molecule has 2 aliphatic rings. The summed E-state index contributed by atoms with van der Waals surface area (Å²) in [4.78, 5) is 32.9. The second-order valence-electron chi connectivity index (χ2n) is 11.1. The number of carbonyl (C=O) groups is 1. The Kier molecular flexibility index (Phi) is 6.34. The molecule has 0 aliphatic carbocycles. The molecule has 0 radical (unpaired) electrons. The van der Waals surface area contributed by atoms with Crippen LogP contribution in [0, 0.1) is 0 Å². The fourth-order valence-electron chi connectivity index (χ4n) is 6.57. The van der Waals surface area contributed by atoms with E-state index in [2.05, 4.69) is 20.1 Å². The summed E-state index contributed by atoms with van der Waals surface area (Å²) in [5.74, 6) is -0.364. The molecule has 5 aromatic rings. The number of benzene rings is 1. The number of pyridine rings is 1. The van der Waals surface area contributed by atoms with Crippen molar-refractivity contribution in [3.8, 4) is 22.4 Å². The first kappa shape index (κ1) is 27.0.